The summed E-state index contributed by atoms with van der Waals surface area (Å²) in [5.74, 6) is -0.215. The number of anilines is 1. The quantitative estimate of drug-likeness (QED) is 0.595. The van der Waals surface area contributed by atoms with Crippen molar-refractivity contribution in [1.82, 2.24) is 5.32 Å². The van der Waals surface area contributed by atoms with Gasteiger partial charge in [0.2, 0.25) is 0 Å². The molecule has 1 aromatic rings. The molecule has 1 rings (SSSR count). The predicted molar refractivity (Wildman–Crippen MR) is 78.3 cm³/mol. The topological polar surface area (TPSA) is 42.5 Å². The van der Waals surface area contributed by atoms with Crippen LogP contribution < -0.4 is 15.4 Å². The summed E-state index contributed by atoms with van der Waals surface area (Å²) < 4.78 is 23.5. The van der Waals surface area contributed by atoms with Crippen LogP contribution in [-0.2, 0) is 4.74 Å². The summed E-state index contributed by atoms with van der Waals surface area (Å²) in [7, 11) is 1.43. The number of hydrogen-bond acceptors (Lipinski definition) is 3. The van der Waals surface area contributed by atoms with E-state index in [0.717, 1.165) is 6.42 Å². The zero-order valence-electron chi connectivity index (χ0n) is 11.2. The molecule has 0 spiro atoms. The zero-order chi connectivity index (χ0) is 14.1. The molecule has 4 nitrogen and oxygen atoms in total. The maximum atomic E-state index is 13.4. The van der Waals surface area contributed by atoms with E-state index in [1.54, 1.807) is 12.1 Å². The zero-order valence-corrected chi connectivity index (χ0v) is 12.0. The highest BCUT2D eigenvalue weighted by molar-refractivity contribution is 7.80. The van der Waals surface area contributed by atoms with Crippen LogP contribution in [0, 0.1) is 5.82 Å². The number of hydrogen-bond donors (Lipinski definition) is 2. The van der Waals surface area contributed by atoms with E-state index < -0.39 is 5.82 Å². The fourth-order valence-corrected chi connectivity index (χ4v) is 1.66. The van der Waals surface area contributed by atoms with Crippen LogP contribution >= 0.6 is 12.2 Å². The van der Waals surface area contributed by atoms with Crippen LogP contribution in [0.2, 0.25) is 0 Å². The van der Waals surface area contributed by atoms with Gasteiger partial charge in [0.25, 0.3) is 0 Å². The van der Waals surface area contributed by atoms with Gasteiger partial charge in [0.05, 0.1) is 7.11 Å². The Morgan fingerprint density at radius 2 is 2.21 bits per heavy atom. The normalized spacial score (nSPS) is 10.1. The van der Waals surface area contributed by atoms with Gasteiger partial charge in [0, 0.05) is 31.5 Å². The lowest BCUT2D eigenvalue weighted by Gasteiger charge is -2.11. The van der Waals surface area contributed by atoms with Gasteiger partial charge in [-0.1, -0.05) is 0 Å². The molecule has 0 saturated carbocycles. The van der Waals surface area contributed by atoms with E-state index in [2.05, 4.69) is 10.6 Å². The molecule has 0 heterocycles. The third-order valence-corrected chi connectivity index (χ3v) is 2.61. The first-order valence-corrected chi connectivity index (χ1v) is 6.54. The van der Waals surface area contributed by atoms with Crippen molar-refractivity contribution in [2.75, 3.05) is 32.2 Å². The molecular weight excluding hydrogens is 267 g/mol. The number of thiocarbonyl (C=S) groups is 1. The first kappa shape index (κ1) is 15.7. The van der Waals surface area contributed by atoms with Gasteiger partial charge in [0.1, 0.15) is 0 Å². The molecule has 2 N–H and O–H groups in total. The van der Waals surface area contributed by atoms with Crippen molar-refractivity contribution in [1.29, 1.82) is 0 Å². The lowest BCUT2D eigenvalue weighted by molar-refractivity contribution is 0.146. The molecule has 0 bridgehead atoms. The first-order valence-electron chi connectivity index (χ1n) is 6.13. The second-order valence-electron chi connectivity index (χ2n) is 3.78. The summed E-state index contributed by atoms with van der Waals surface area (Å²) >= 11 is 5.10. The van der Waals surface area contributed by atoms with E-state index in [-0.39, 0.29) is 5.75 Å². The van der Waals surface area contributed by atoms with E-state index in [4.69, 9.17) is 21.7 Å². The SMILES string of the molecule is CCOCCCNC(=S)Nc1ccc(OC)c(F)c1. The fraction of sp³-hybridized carbons (Fsp3) is 0.462. The van der Waals surface area contributed by atoms with Crippen molar-refractivity contribution in [3.8, 4) is 5.75 Å². The lowest BCUT2D eigenvalue weighted by atomic mass is 10.3. The number of ether oxygens (including phenoxy) is 2. The number of halogens is 1. The average Bonchev–Trinajstić information content (AvgIpc) is 2.39. The Hall–Kier alpha value is -1.40. The Balaban J connectivity index is 2.34. The molecule has 0 atom stereocenters. The van der Waals surface area contributed by atoms with Gasteiger partial charge in [-0.2, -0.15) is 0 Å². The summed E-state index contributed by atoms with van der Waals surface area (Å²) in [5.41, 5.74) is 0.584. The second kappa shape index (κ2) is 8.66. The Morgan fingerprint density at radius 3 is 2.84 bits per heavy atom. The summed E-state index contributed by atoms with van der Waals surface area (Å²) in [6, 6.07) is 4.60. The fourth-order valence-electron chi connectivity index (χ4n) is 1.44. The molecule has 0 aliphatic rings. The molecule has 1 aromatic carbocycles. The molecule has 0 aromatic heterocycles. The van der Waals surface area contributed by atoms with Gasteiger partial charge >= 0.3 is 0 Å². The van der Waals surface area contributed by atoms with Crippen molar-refractivity contribution in [3.05, 3.63) is 24.0 Å². The molecular formula is C13H19FN2O2S. The van der Waals surface area contributed by atoms with Crippen LogP contribution in [0.3, 0.4) is 0 Å². The Morgan fingerprint density at radius 1 is 1.42 bits per heavy atom. The Labute approximate surface area is 118 Å². The predicted octanol–water partition coefficient (Wildman–Crippen LogP) is 2.55. The van der Waals surface area contributed by atoms with Gasteiger partial charge in [-0.25, -0.2) is 4.39 Å². The summed E-state index contributed by atoms with van der Waals surface area (Å²) in [6.45, 7) is 4.08. The number of methoxy groups -OCH3 is 1. The minimum atomic E-state index is -0.424. The number of rotatable bonds is 7. The van der Waals surface area contributed by atoms with Crippen molar-refractivity contribution < 1.29 is 13.9 Å². The van der Waals surface area contributed by atoms with E-state index in [1.165, 1.54) is 13.2 Å². The van der Waals surface area contributed by atoms with E-state index in [1.807, 2.05) is 6.92 Å². The highest BCUT2D eigenvalue weighted by Crippen LogP contribution is 2.20. The third-order valence-electron chi connectivity index (χ3n) is 2.36. The van der Waals surface area contributed by atoms with Crippen LogP contribution in [-0.4, -0.2) is 32.0 Å². The van der Waals surface area contributed by atoms with E-state index in [0.29, 0.717) is 30.6 Å². The smallest absolute Gasteiger partial charge is 0.170 e. The van der Waals surface area contributed by atoms with Crippen LogP contribution in [0.5, 0.6) is 5.75 Å². The highest BCUT2D eigenvalue weighted by atomic mass is 32.1. The average molecular weight is 286 g/mol. The monoisotopic (exact) mass is 286 g/mol. The number of benzene rings is 1. The highest BCUT2D eigenvalue weighted by Gasteiger charge is 2.04. The summed E-state index contributed by atoms with van der Waals surface area (Å²) in [4.78, 5) is 0. The molecule has 0 unspecified atom stereocenters. The van der Waals surface area contributed by atoms with Crippen LogP contribution in [0.25, 0.3) is 0 Å². The van der Waals surface area contributed by atoms with Crippen LogP contribution in [0.15, 0.2) is 18.2 Å². The van der Waals surface area contributed by atoms with Crippen LogP contribution in [0.4, 0.5) is 10.1 Å². The Kier molecular flexibility index (Phi) is 7.14. The third kappa shape index (κ3) is 5.85. The van der Waals surface area contributed by atoms with Crippen molar-refractivity contribution in [3.63, 3.8) is 0 Å². The maximum absolute atomic E-state index is 13.4. The van der Waals surface area contributed by atoms with Crippen LogP contribution in [0.1, 0.15) is 13.3 Å². The van der Waals surface area contributed by atoms with E-state index >= 15 is 0 Å². The Bertz CT molecular complexity index is 416. The summed E-state index contributed by atoms with van der Waals surface area (Å²) in [6.07, 6.45) is 0.868. The minimum absolute atomic E-state index is 0.209. The minimum Gasteiger partial charge on any atom is -0.494 e. The summed E-state index contributed by atoms with van der Waals surface area (Å²) in [5, 5.41) is 6.39. The van der Waals surface area contributed by atoms with Gasteiger partial charge in [-0.05, 0) is 37.7 Å². The van der Waals surface area contributed by atoms with Crippen molar-refractivity contribution in [2.45, 2.75) is 13.3 Å². The molecule has 19 heavy (non-hydrogen) atoms. The molecule has 0 aliphatic heterocycles. The largest absolute Gasteiger partial charge is 0.494 e. The molecule has 0 saturated heterocycles. The second-order valence-corrected chi connectivity index (χ2v) is 4.19. The maximum Gasteiger partial charge on any atom is 0.170 e. The van der Waals surface area contributed by atoms with Crippen molar-refractivity contribution in [2.24, 2.45) is 0 Å². The number of nitrogens with one attached hydrogen (secondary N) is 2. The molecule has 0 radical (unpaired) electrons. The first-order chi connectivity index (χ1) is 9.17. The van der Waals surface area contributed by atoms with Gasteiger partial charge < -0.3 is 20.1 Å². The van der Waals surface area contributed by atoms with Gasteiger partial charge in [-0.15, -0.1) is 0 Å². The van der Waals surface area contributed by atoms with Gasteiger partial charge in [0.15, 0.2) is 16.7 Å². The molecule has 106 valence electrons. The lowest BCUT2D eigenvalue weighted by Crippen LogP contribution is -2.29. The molecule has 6 heteroatoms. The molecule has 0 amide bonds. The molecule has 0 fully saturated rings. The standard InChI is InChI=1S/C13H19FN2O2S/c1-3-18-8-4-7-15-13(19)16-10-5-6-12(17-2)11(14)9-10/h5-6,9H,3-4,7-8H2,1-2H3,(H2,15,16,19). The van der Waals surface area contributed by atoms with Crippen molar-refractivity contribution >= 4 is 23.0 Å². The van der Waals surface area contributed by atoms with E-state index in [9.17, 15) is 4.39 Å². The molecule has 0 aliphatic carbocycles. The van der Waals surface area contributed by atoms with Gasteiger partial charge in [-0.3, -0.25) is 0 Å².